The maximum atomic E-state index is 12.6. The molecule has 50 heavy (non-hydrogen) atoms. The van der Waals surface area contributed by atoms with Crippen molar-refractivity contribution in [2.75, 3.05) is 0 Å². The van der Waals surface area contributed by atoms with Crippen LogP contribution in [0.15, 0.2) is 47.1 Å². The third-order valence-corrected chi connectivity index (χ3v) is 9.93. The van der Waals surface area contributed by atoms with Crippen LogP contribution in [0, 0.1) is 6.92 Å². The number of phenols is 1. The first kappa shape index (κ1) is 45.7. The molecule has 0 aliphatic carbocycles. The lowest BCUT2D eigenvalue weighted by molar-refractivity contribution is -0.134. The summed E-state index contributed by atoms with van der Waals surface area (Å²) >= 11 is 0. The molecule has 0 radical (unpaired) electrons. The van der Waals surface area contributed by atoms with Gasteiger partial charge in [-0.1, -0.05) is 132 Å². The molecule has 0 saturated carbocycles. The number of aryl methyl sites for hydroxylation is 1. The summed E-state index contributed by atoms with van der Waals surface area (Å²) in [5, 5.41) is 30.6. The molecule has 0 amide bonds. The number of unbranched alkanes of at least 4 members (excludes halogenated alkanes) is 14. The van der Waals surface area contributed by atoms with Gasteiger partial charge in [0, 0.05) is 12.0 Å². The summed E-state index contributed by atoms with van der Waals surface area (Å²) in [6, 6.07) is 3.56. The van der Waals surface area contributed by atoms with E-state index in [1.165, 1.54) is 100 Å². The second-order valence-corrected chi connectivity index (χ2v) is 15.6. The van der Waals surface area contributed by atoms with Crippen LogP contribution in [0.5, 0.6) is 11.5 Å². The lowest BCUT2D eigenvalue weighted by Crippen LogP contribution is -2.35. The third kappa shape index (κ3) is 23.2. The van der Waals surface area contributed by atoms with Gasteiger partial charge in [-0.25, -0.2) is 0 Å². The molecule has 286 valence electrons. The molecule has 1 rings (SSSR count). The number of esters is 1. The van der Waals surface area contributed by atoms with Gasteiger partial charge in [-0.15, -0.1) is 0 Å². The number of ether oxygens (including phenoxy) is 1. The summed E-state index contributed by atoms with van der Waals surface area (Å²) in [6.45, 7) is 13.8. The van der Waals surface area contributed by atoms with Gasteiger partial charge in [0.05, 0.1) is 11.7 Å². The van der Waals surface area contributed by atoms with Crippen LogP contribution in [-0.4, -0.2) is 33.0 Å². The first-order valence-electron chi connectivity index (χ1n) is 20.2. The average Bonchev–Trinajstić information content (AvgIpc) is 3.05. The van der Waals surface area contributed by atoms with Crippen molar-refractivity contribution < 1.29 is 24.9 Å². The highest BCUT2D eigenvalue weighted by molar-refractivity contribution is 5.72. The number of aromatic hydroxyl groups is 1. The SMILES string of the molecule is CCCCCCCCCCCCCCCCCC(=O)Oc1cc(C)c(O)c(CC=C(C)CCC=C(C)CCC=C(C)CCC(O)C(C)(C)O)c1. The summed E-state index contributed by atoms with van der Waals surface area (Å²) in [5.74, 6) is 0.591. The Morgan fingerprint density at radius 1 is 0.720 bits per heavy atom. The Kier molecular flexibility index (Phi) is 24.9. The van der Waals surface area contributed by atoms with Crippen LogP contribution in [-0.2, 0) is 11.2 Å². The summed E-state index contributed by atoms with van der Waals surface area (Å²) in [4.78, 5) is 12.6. The second-order valence-electron chi connectivity index (χ2n) is 15.6. The molecular formula is C45H76O5. The van der Waals surface area contributed by atoms with Gasteiger partial charge in [-0.2, -0.15) is 0 Å². The maximum absolute atomic E-state index is 12.6. The Hall–Kier alpha value is -2.37. The van der Waals surface area contributed by atoms with Gasteiger partial charge >= 0.3 is 5.97 Å². The van der Waals surface area contributed by atoms with E-state index < -0.39 is 11.7 Å². The topological polar surface area (TPSA) is 87.0 Å². The molecule has 0 fully saturated rings. The van der Waals surface area contributed by atoms with Crippen LogP contribution in [0.2, 0.25) is 0 Å². The van der Waals surface area contributed by atoms with Gasteiger partial charge in [0.2, 0.25) is 0 Å². The molecule has 0 aliphatic rings. The quantitative estimate of drug-likeness (QED) is 0.0336. The summed E-state index contributed by atoms with van der Waals surface area (Å²) < 4.78 is 5.69. The van der Waals surface area contributed by atoms with Gasteiger partial charge in [0.25, 0.3) is 0 Å². The number of hydrogen-bond donors (Lipinski definition) is 3. The Labute approximate surface area is 307 Å². The normalized spacial score (nSPS) is 13.6. The van der Waals surface area contributed by atoms with E-state index in [9.17, 15) is 20.1 Å². The van der Waals surface area contributed by atoms with Crippen molar-refractivity contribution in [3.05, 3.63) is 58.2 Å². The van der Waals surface area contributed by atoms with Crippen molar-refractivity contribution in [3.8, 4) is 11.5 Å². The molecule has 1 aromatic rings. The summed E-state index contributed by atoms with van der Waals surface area (Å²) in [5.41, 5.74) is 4.32. The number of carbonyl (C=O) groups excluding carboxylic acids is 1. The fourth-order valence-electron chi connectivity index (χ4n) is 6.25. The molecule has 0 aromatic heterocycles. The van der Waals surface area contributed by atoms with Crippen LogP contribution in [0.3, 0.4) is 0 Å². The van der Waals surface area contributed by atoms with Gasteiger partial charge in [0.1, 0.15) is 11.5 Å². The number of hydrogen-bond acceptors (Lipinski definition) is 5. The molecule has 1 unspecified atom stereocenters. The summed E-state index contributed by atoms with van der Waals surface area (Å²) in [6.07, 6.45) is 31.8. The molecule has 1 aromatic carbocycles. The van der Waals surface area contributed by atoms with Crippen molar-refractivity contribution in [3.63, 3.8) is 0 Å². The monoisotopic (exact) mass is 697 g/mol. The lowest BCUT2D eigenvalue weighted by Gasteiger charge is -2.24. The smallest absolute Gasteiger partial charge is 0.311 e. The highest BCUT2D eigenvalue weighted by Crippen LogP contribution is 2.29. The van der Waals surface area contributed by atoms with E-state index in [2.05, 4.69) is 45.9 Å². The molecule has 0 aliphatic heterocycles. The van der Waals surface area contributed by atoms with E-state index in [0.29, 0.717) is 25.0 Å². The second kappa shape index (κ2) is 27.3. The van der Waals surface area contributed by atoms with E-state index in [1.54, 1.807) is 26.0 Å². The van der Waals surface area contributed by atoms with E-state index in [1.807, 2.05) is 6.92 Å². The minimum Gasteiger partial charge on any atom is -0.507 e. The van der Waals surface area contributed by atoms with Crippen LogP contribution >= 0.6 is 0 Å². The van der Waals surface area contributed by atoms with Crippen molar-refractivity contribution >= 4 is 5.97 Å². The Morgan fingerprint density at radius 2 is 1.18 bits per heavy atom. The predicted molar refractivity (Wildman–Crippen MR) is 213 cm³/mol. The van der Waals surface area contributed by atoms with Crippen molar-refractivity contribution in [2.45, 2.75) is 208 Å². The number of aliphatic hydroxyl groups excluding tert-OH is 1. The molecule has 1 atom stereocenters. The Balaban J connectivity index is 2.32. The molecule has 5 nitrogen and oxygen atoms in total. The van der Waals surface area contributed by atoms with Crippen LogP contribution < -0.4 is 4.74 Å². The Morgan fingerprint density at radius 3 is 1.68 bits per heavy atom. The fraction of sp³-hybridized carbons (Fsp3) is 0.711. The fourth-order valence-corrected chi connectivity index (χ4v) is 6.25. The van der Waals surface area contributed by atoms with E-state index in [0.717, 1.165) is 56.1 Å². The standard InChI is InChI=1S/C45H76O5/c1-8-9-10-11-12-13-14-15-16-17-18-19-20-21-22-29-43(47)50-41-34-39(5)44(48)40(35-41)32-30-37(3)27-23-25-36(2)26-24-28-38(4)31-33-42(46)45(6,7)49/h25,28,30,34-35,42,46,48-49H,8-24,26-27,29,31-33H2,1-7H3. The Bertz CT molecular complexity index is 1150. The number of benzene rings is 1. The molecular weight excluding hydrogens is 620 g/mol. The number of aliphatic hydroxyl groups is 2. The van der Waals surface area contributed by atoms with E-state index >= 15 is 0 Å². The zero-order chi connectivity index (χ0) is 37.2. The predicted octanol–water partition coefficient (Wildman–Crippen LogP) is 12.7. The average molecular weight is 697 g/mol. The first-order chi connectivity index (χ1) is 23.8. The van der Waals surface area contributed by atoms with Crippen molar-refractivity contribution in [1.29, 1.82) is 0 Å². The minimum atomic E-state index is -1.06. The van der Waals surface area contributed by atoms with E-state index in [4.69, 9.17) is 4.74 Å². The number of phenolic OH excluding ortho intramolecular Hbond substituents is 1. The van der Waals surface area contributed by atoms with Crippen molar-refractivity contribution in [1.82, 2.24) is 0 Å². The van der Waals surface area contributed by atoms with Crippen LogP contribution in [0.25, 0.3) is 0 Å². The van der Waals surface area contributed by atoms with Gasteiger partial charge in [-0.05, 0) is 111 Å². The van der Waals surface area contributed by atoms with E-state index in [-0.39, 0.29) is 11.7 Å². The van der Waals surface area contributed by atoms with Crippen LogP contribution in [0.1, 0.15) is 194 Å². The molecule has 3 N–H and O–H groups in total. The number of allylic oxidation sites excluding steroid dienone is 6. The van der Waals surface area contributed by atoms with Gasteiger partial charge < -0.3 is 20.1 Å². The highest BCUT2D eigenvalue weighted by atomic mass is 16.5. The van der Waals surface area contributed by atoms with Gasteiger partial charge in [0.15, 0.2) is 0 Å². The molecule has 5 heteroatoms. The summed E-state index contributed by atoms with van der Waals surface area (Å²) in [7, 11) is 0. The number of carbonyl (C=O) groups is 1. The third-order valence-electron chi connectivity index (χ3n) is 9.93. The molecule has 0 bridgehead atoms. The lowest BCUT2D eigenvalue weighted by atomic mass is 9.95. The molecule has 0 heterocycles. The van der Waals surface area contributed by atoms with Crippen LogP contribution in [0.4, 0.5) is 0 Å². The maximum Gasteiger partial charge on any atom is 0.311 e. The zero-order valence-electron chi connectivity index (χ0n) is 33.4. The minimum absolute atomic E-state index is 0.195. The number of rotatable bonds is 29. The van der Waals surface area contributed by atoms with Crippen molar-refractivity contribution in [2.24, 2.45) is 0 Å². The molecule has 0 saturated heterocycles. The zero-order valence-corrected chi connectivity index (χ0v) is 33.4. The molecule has 0 spiro atoms. The largest absolute Gasteiger partial charge is 0.507 e. The highest BCUT2D eigenvalue weighted by Gasteiger charge is 2.23. The van der Waals surface area contributed by atoms with Gasteiger partial charge in [-0.3, -0.25) is 4.79 Å². The first-order valence-corrected chi connectivity index (χ1v) is 20.2.